The van der Waals surface area contributed by atoms with Crippen LogP contribution in [0.1, 0.15) is 26.5 Å². The van der Waals surface area contributed by atoms with Crippen LogP contribution < -0.4 is 21.2 Å². The van der Waals surface area contributed by atoms with E-state index >= 15 is 0 Å². The Balaban J connectivity index is 2.42. The summed E-state index contributed by atoms with van der Waals surface area (Å²) in [6, 6.07) is 7.83. The molecule has 0 atom stereocenters. The van der Waals surface area contributed by atoms with Gasteiger partial charge in [0.25, 0.3) is 0 Å². The van der Waals surface area contributed by atoms with Gasteiger partial charge in [-0.2, -0.15) is 0 Å². The lowest BCUT2D eigenvalue weighted by atomic mass is 9.96. The highest BCUT2D eigenvalue weighted by atomic mass is 79.9. The van der Waals surface area contributed by atoms with E-state index in [0.717, 1.165) is 27.0 Å². The number of hydrogen-bond acceptors (Lipinski definition) is 4. The molecule has 0 radical (unpaired) electrons. The highest BCUT2D eigenvalue weighted by Crippen LogP contribution is 2.38. The molecule has 130 valence electrons. The molecule has 0 aliphatic carbocycles. The van der Waals surface area contributed by atoms with Crippen LogP contribution >= 0.6 is 15.9 Å². The minimum Gasteiger partial charge on any atom is -0.396 e. The third kappa shape index (κ3) is 4.06. The Morgan fingerprint density at radius 3 is 2.42 bits per heavy atom. The Bertz CT molecular complexity index is 741. The summed E-state index contributed by atoms with van der Waals surface area (Å²) in [6.07, 6.45) is 1.97. The van der Waals surface area contributed by atoms with Crippen molar-refractivity contribution in [2.24, 2.45) is 18.3 Å². The molecule has 5 nitrogen and oxygen atoms in total. The second kappa shape index (κ2) is 7.09. The predicted molar refractivity (Wildman–Crippen MR) is 102 cm³/mol. The molecule has 0 saturated heterocycles. The van der Waals surface area contributed by atoms with Crippen molar-refractivity contribution in [3.05, 3.63) is 40.6 Å². The number of nitrogens with zero attached hydrogens (tertiary/aromatic N) is 2. The van der Waals surface area contributed by atoms with Crippen molar-refractivity contribution >= 4 is 27.3 Å². The zero-order valence-corrected chi connectivity index (χ0v) is 16.3. The number of nitrogens with two attached hydrogens (primary N) is 2. The Hall–Kier alpha value is -1.63. The second-order valence-electron chi connectivity index (χ2n) is 7.23. The van der Waals surface area contributed by atoms with Crippen molar-refractivity contribution in [1.29, 1.82) is 0 Å². The fourth-order valence-electron chi connectivity index (χ4n) is 2.61. The van der Waals surface area contributed by atoms with E-state index in [4.69, 9.17) is 11.6 Å². The molecule has 0 spiro atoms. The number of hydrazine groups is 1. The molecule has 1 aromatic heterocycles. The average Bonchev–Trinajstić information content (AvgIpc) is 2.48. The van der Waals surface area contributed by atoms with Crippen molar-refractivity contribution in [2.45, 2.75) is 27.4 Å². The van der Waals surface area contributed by atoms with Gasteiger partial charge in [0.2, 0.25) is 5.69 Å². The lowest BCUT2D eigenvalue weighted by Crippen LogP contribution is -2.38. The van der Waals surface area contributed by atoms with Gasteiger partial charge in [0.15, 0.2) is 6.20 Å². The van der Waals surface area contributed by atoms with Gasteiger partial charge >= 0.3 is 0 Å². The van der Waals surface area contributed by atoms with Crippen LogP contribution in [0.15, 0.2) is 34.9 Å². The van der Waals surface area contributed by atoms with Crippen molar-refractivity contribution in [1.82, 2.24) is 0 Å². The Morgan fingerprint density at radius 1 is 1.21 bits per heavy atom. The van der Waals surface area contributed by atoms with Crippen LogP contribution in [0.5, 0.6) is 0 Å². The molecule has 0 unspecified atom stereocenters. The van der Waals surface area contributed by atoms with Gasteiger partial charge in [-0.3, -0.25) is 0 Å². The maximum atomic E-state index is 9.30. The smallest absolute Gasteiger partial charge is 0.206 e. The molecule has 6 heteroatoms. The lowest BCUT2D eigenvalue weighted by Gasteiger charge is -2.29. The highest BCUT2D eigenvalue weighted by molar-refractivity contribution is 9.10. The molecule has 1 heterocycles. The number of aliphatic hydroxyl groups excluding tert-OH is 1. The number of aryl methyl sites for hydroxylation is 1. The molecule has 2 aromatic rings. The Kier molecular flexibility index (Phi) is 5.52. The van der Waals surface area contributed by atoms with Gasteiger partial charge in [-0.25, -0.2) is 10.4 Å². The maximum Gasteiger partial charge on any atom is 0.206 e. The number of halogens is 1. The first-order valence-corrected chi connectivity index (χ1v) is 8.63. The van der Waals surface area contributed by atoms with Gasteiger partial charge in [-0.05, 0) is 33.5 Å². The second-order valence-corrected chi connectivity index (χ2v) is 8.02. The molecule has 0 saturated carbocycles. The predicted octanol–water partition coefficient (Wildman–Crippen LogP) is 2.74. The number of pyridine rings is 1. The van der Waals surface area contributed by atoms with Gasteiger partial charge in [-0.15, -0.1) is 0 Å². The standard InChI is InChI=1S/C18H26BrN4O/c1-18(2,3)11-23(21)15-8-7-14(16(19)17(15)20)12-5-6-13(10-24)22(4)9-12/h5-9,24H,10-11,20-21H2,1-4H3/q+1. The minimum absolute atomic E-state index is 0.00790. The van der Waals surface area contributed by atoms with Crippen LogP contribution in [0.25, 0.3) is 11.1 Å². The minimum atomic E-state index is 0.00790. The molecular weight excluding hydrogens is 368 g/mol. The first-order chi connectivity index (χ1) is 11.1. The van der Waals surface area contributed by atoms with Gasteiger partial charge < -0.3 is 15.8 Å². The van der Waals surface area contributed by atoms with E-state index in [-0.39, 0.29) is 12.0 Å². The number of rotatable bonds is 4. The molecule has 0 bridgehead atoms. The topological polar surface area (TPSA) is 79.4 Å². The first kappa shape index (κ1) is 18.7. The van der Waals surface area contributed by atoms with E-state index in [2.05, 4.69) is 36.7 Å². The molecule has 1 aromatic carbocycles. The maximum absolute atomic E-state index is 9.30. The third-order valence-electron chi connectivity index (χ3n) is 3.82. The van der Waals surface area contributed by atoms with Crippen molar-refractivity contribution < 1.29 is 9.67 Å². The lowest BCUT2D eigenvalue weighted by molar-refractivity contribution is -0.680. The van der Waals surface area contributed by atoms with Gasteiger partial charge in [0.05, 0.1) is 15.8 Å². The summed E-state index contributed by atoms with van der Waals surface area (Å²) in [7, 11) is 1.91. The number of aliphatic hydroxyl groups is 1. The summed E-state index contributed by atoms with van der Waals surface area (Å²) in [4.78, 5) is 0. The van der Waals surface area contributed by atoms with Crippen molar-refractivity contribution in [2.75, 3.05) is 17.3 Å². The van der Waals surface area contributed by atoms with Crippen molar-refractivity contribution in [3.8, 4) is 11.1 Å². The summed E-state index contributed by atoms with van der Waals surface area (Å²) < 4.78 is 2.72. The fourth-order valence-corrected chi connectivity index (χ4v) is 3.18. The normalized spacial score (nSPS) is 11.6. The quantitative estimate of drug-likeness (QED) is 0.323. The molecule has 2 rings (SSSR count). The highest BCUT2D eigenvalue weighted by Gasteiger charge is 2.19. The summed E-state index contributed by atoms with van der Waals surface area (Å²) in [5.74, 6) is 6.20. The summed E-state index contributed by atoms with van der Waals surface area (Å²) in [5, 5.41) is 11.0. The van der Waals surface area contributed by atoms with Gasteiger partial charge in [0, 0.05) is 23.7 Å². The molecule has 0 aliphatic rings. The molecular formula is C18H26BrN4O+. The summed E-state index contributed by atoms with van der Waals surface area (Å²) in [5.41, 5.74) is 10.7. The van der Waals surface area contributed by atoms with Crippen LogP contribution in [-0.4, -0.2) is 11.7 Å². The average molecular weight is 394 g/mol. The fraction of sp³-hybridized carbons (Fsp3) is 0.389. The molecule has 5 N–H and O–H groups in total. The molecule has 0 fully saturated rings. The van der Waals surface area contributed by atoms with E-state index in [1.54, 1.807) is 5.01 Å². The van der Waals surface area contributed by atoms with Gasteiger partial charge in [-0.1, -0.05) is 26.8 Å². The molecule has 24 heavy (non-hydrogen) atoms. The number of aromatic nitrogens is 1. The van der Waals surface area contributed by atoms with E-state index in [1.807, 2.05) is 42.1 Å². The zero-order valence-electron chi connectivity index (χ0n) is 14.7. The van der Waals surface area contributed by atoms with Crippen LogP contribution in [0, 0.1) is 5.41 Å². The zero-order chi connectivity index (χ0) is 18.1. The van der Waals surface area contributed by atoms with E-state index < -0.39 is 0 Å². The SMILES string of the molecule is C[n+]1cc(-c2ccc(N(N)CC(C)(C)C)c(N)c2Br)ccc1CO. The Morgan fingerprint density at radius 2 is 1.88 bits per heavy atom. The number of nitrogen functional groups attached to an aromatic ring is 1. The monoisotopic (exact) mass is 393 g/mol. The van der Waals surface area contributed by atoms with E-state index in [1.165, 1.54) is 0 Å². The third-order valence-corrected chi connectivity index (χ3v) is 4.68. The number of anilines is 2. The molecule has 0 aliphatic heterocycles. The summed E-state index contributed by atoms with van der Waals surface area (Å²) >= 11 is 3.61. The van der Waals surface area contributed by atoms with E-state index in [0.29, 0.717) is 12.2 Å². The first-order valence-electron chi connectivity index (χ1n) is 7.84. The van der Waals surface area contributed by atoms with Gasteiger partial charge in [0.1, 0.15) is 13.7 Å². The van der Waals surface area contributed by atoms with Crippen LogP contribution in [-0.2, 0) is 13.7 Å². The van der Waals surface area contributed by atoms with Crippen LogP contribution in [0.4, 0.5) is 11.4 Å². The van der Waals surface area contributed by atoms with E-state index in [9.17, 15) is 5.11 Å². The molecule has 0 amide bonds. The summed E-state index contributed by atoms with van der Waals surface area (Å²) in [6.45, 7) is 7.11. The Labute approximate surface area is 152 Å². The van der Waals surface area contributed by atoms with Crippen molar-refractivity contribution in [3.63, 3.8) is 0 Å². The van der Waals surface area contributed by atoms with Crippen LogP contribution in [0.3, 0.4) is 0 Å². The van der Waals surface area contributed by atoms with Crippen LogP contribution in [0.2, 0.25) is 0 Å². The number of benzene rings is 1. The largest absolute Gasteiger partial charge is 0.396 e. The number of hydrogen-bond donors (Lipinski definition) is 3.